The number of aromatic amines is 1. The molecule has 3 aromatic heterocycles. The number of benzene rings is 1. The summed E-state index contributed by atoms with van der Waals surface area (Å²) in [5.74, 6) is 0.659. The van der Waals surface area contributed by atoms with Crippen LogP contribution in [0.1, 0.15) is 38.8 Å². The summed E-state index contributed by atoms with van der Waals surface area (Å²) in [7, 11) is 0. The topological polar surface area (TPSA) is 83.4 Å². The van der Waals surface area contributed by atoms with Gasteiger partial charge in [-0.15, -0.1) is 11.3 Å². The molecule has 6 heteroatoms. The fourth-order valence-corrected chi connectivity index (χ4v) is 4.69. The Hall–Kier alpha value is -3.30. The largest absolute Gasteiger partial charge is 0.396 e. The minimum absolute atomic E-state index is 0.579. The van der Waals surface area contributed by atoms with Crippen LogP contribution in [0.25, 0.3) is 27.8 Å². The van der Waals surface area contributed by atoms with Crippen LogP contribution in [0.15, 0.2) is 30.3 Å². The zero-order valence-electron chi connectivity index (χ0n) is 16.3. The third-order valence-electron chi connectivity index (χ3n) is 5.13. The number of rotatable bonds is 3. The molecule has 3 heterocycles. The van der Waals surface area contributed by atoms with E-state index in [0.717, 1.165) is 49.0 Å². The first kappa shape index (κ1) is 18.1. The standard InChI is InChI=1S/C22H21N5S/c1-12-9-16(10-18(24)21-25-19-7-5-6-8-20(19)26-21)14(3)27(12)22-17(11-23)13(2)15(4)28-22/h5-10H,24H2,1-4H3,(H,25,26)/b18-10-. The normalized spacial score (nSPS) is 11.9. The second-order valence-electron chi connectivity index (χ2n) is 6.94. The van der Waals surface area contributed by atoms with E-state index in [-0.39, 0.29) is 0 Å². The Morgan fingerprint density at radius 2 is 2.00 bits per heavy atom. The van der Waals surface area contributed by atoms with Crippen LogP contribution in [0.5, 0.6) is 0 Å². The maximum atomic E-state index is 9.62. The number of thiophene rings is 1. The predicted octanol–water partition coefficient (Wildman–Crippen LogP) is 4.98. The van der Waals surface area contributed by atoms with Crippen LogP contribution in [0.4, 0.5) is 0 Å². The van der Waals surface area contributed by atoms with Crippen molar-refractivity contribution in [3.05, 3.63) is 69.1 Å². The van der Waals surface area contributed by atoms with E-state index >= 15 is 0 Å². The van der Waals surface area contributed by atoms with Crippen LogP contribution in [0.2, 0.25) is 0 Å². The molecule has 0 spiro atoms. The molecular formula is C22H21N5S. The van der Waals surface area contributed by atoms with E-state index in [1.165, 1.54) is 0 Å². The Balaban J connectivity index is 1.80. The van der Waals surface area contributed by atoms with Crippen molar-refractivity contribution in [1.82, 2.24) is 14.5 Å². The van der Waals surface area contributed by atoms with Gasteiger partial charge in [-0.05, 0) is 63.1 Å². The lowest BCUT2D eigenvalue weighted by Gasteiger charge is -2.08. The average Bonchev–Trinajstić information content (AvgIpc) is 3.30. The van der Waals surface area contributed by atoms with Gasteiger partial charge < -0.3 is 15.3 Å². The van der Waals surface area contributed by atoms with Gasteiger partial charge in [0, 0.05) is 16.3 Å². The number of hydrogen-bond donors (Lipinski definition) is 2. The lowest BCUT2D eigenvalue weighted by molar-refractivity contribution is 0.980. The lowest BCUT2D eigenvalue weighted by Crippen LogP contribution is -2.00. The molecule has 0 fully saturated rings. The highest BCUT2D eigenvalue weighted by Gasteiger charge is 2.18. The van der Waals surface area contributed by atoms with E-state index in [4.69, 9.17) is 5.73 Å². The van der Waals surface area contributed by atoms with Gasteiger partial charge in [-0.2, -0.15) is 5.26 Å². The highest BCUT2D eigenvalue weighted by Crippen LogP contribution is 2.34. The van der Waals surface area contributed by atoms with Gasteiger partial charge in [0.1, 0.15) is 11.1 Å². The second-order valence-corrected chi connectivity index (χ2v) is 8.14. The molecule has 0 bridgehead atoms. The first-order chi connectivity index (χ1) is 13.4. The molecule has 0 saturated carbocycles. The van der Waals surface area contributed by atoms with Crippen molar-refractivity contribution >= 4 is 34.1 Å². The van der Waals surface area contributed by atoms with Crippen molar-refractivity contribution in [3.8, 4) is 11.1 Å². The van der Waals surface area contributed by atoms with Gasteiger partial charge in [0.15, 0.2) is 5.82 Å². The van der Waals surface area contributed by atoms with Gasteiger partial charge in [-0.3, -0.25) is 0 Å². The third-order valence-corrected chi connectivity index (χ3v) is 6.32. The molecule has 140 valence electrons. The molecule has 0 saturated heterocycles. The fraction of sp³-hybridized carbons (Fsp3) is 0.182. The summed E-state index contributed by atoms with van der Waals surface area (Å²) in [6, 6.07) is 12.3. The number of imidazole rings is 1. The molecule has 28 heavy (non-hydrogen) atoms. The van der Waals surface area contributed by atoms with Crippen molar-refractivity contribution in [2.24, 2.45) is 5.73 Å². The van der Waals surface area contributed by atoms with Crippen LogP contribution in [-0.2, 0) is 0 Å². The SMILES string of the molecule is Cc1sc(-n2c(C)cc(/C=C(\N)c3nc4ccccc4[nH]3)c2C)c(C#N)c1C. The molecule has 0 aliphatic carbocycles. The monoisotopic (exact) mass is 387 g/mol. The van der Waals surface area contributed by atoms with Crippen molar-refractivity contribution in [2.45, 2.75) is 27.7 Å². The summed E-state index contributed by atoms with van der Waals surface area (Å²) < 4.78 is 2.14. The molecule has 5 nitrogen and oxygen atoms in total. The number of H-pyrrole nitrogens is 1. The maximum absolute atomic E-state index is 9.62. The Morgan fingerprint density at radius 1 is 1.25 bits per heavy atom. The van der Waals surface area contributed by atoms with Crippen LogP contribution >= 0.6 is 11.3 Å². The summed E-state index contributed by atoms with van der Waals surface area (Å²) in [6.45, 7) is 8.16. The van der Waals surface area contributed by atoms with Gasteiger partial charge in [-0.25, -0.2) is 4.98 Å². The van der Waals surface area contributed by atoms with E-state index in [1.54, 1.807) is 11.3 Å². The van der Waals surface area contributed by atoms with Gasteiger partial charge in [-0.1, -0.05) is 12.1 Å². The molecule has 0 atom stereocenters. The molecule has 0 aliphatic rings. The number of nitrogens with one attached hydrogen (secondary N) is 1. The zero-order valence-corrected chi connectivity index (χ0v) is 17.1. The molecule has 0 radical (unpaired) electrons. The number of aromatic nitrogens is 3. The molecule has 1 aromatic carbocycles. The van der Waals surface area contributed by atoms with E-state index in [0.29, 0.717) is 11.5 Å². The number of nitriles is 1. The lowest BCUT2D eigenvalue weighted by atomic mass is 10.2. The Kier molecular flexibility index (Phi) is 4.33. The molecule has 4 aromatic rings. The first-order valence-corrected chi connectivity index (χ1v) is 9.84. The summed E-state index contributed by atoms with van der Waals surface area (Å²) in [5, 5.41) is 10.6. The molecule has 0 amide bonds. The average molecular weight is 388 g/mol. The predicted molar refractivity (Wildman–Crippen MR) is 115 cm³/mol. The fourth-order valence-electron chi connectivity index (χ4n) is 3.47. The zero-order chi connectivity index (χ0) is 20.0. The summed E-state index contributed by atoms with van der Waals surface area (Å²) in [5.41, 5.74) is 13.7. The van der Waals surface area contributed by atoms with Crippen molar-refractivity contribution in [1.29, 1.82) is 5.26 Å². The summed E-state index contributed by atoms with van der Waals surface area (Å²) in [6.07, 6.45) is 1.94. The van der Waals surface area contributed by atoms with Crippen molar-refractivity contribution in [2.75, 3.05) is 0 Å². The van der Waals surface area contributed by atoms with Crippen molar-refractivity contribution in [3.63, 3.8) is 0 Å². The third kappa shape index (κ3) is 2.81. The van der Waals surface area contributed by atoms with Crippen molar-refractivity contribution < 1.29 is 0 Å². The molecular weight excluding hydrogens is 366 g/mol. The van der Waals surface area contributed by atoms with Crippen LogP contribution in [0.3, 0.4) is 0 Å². The molecule has 0 aliphatic heterocycles. The Bertz CT molecular complexity index is 1240. The number of aryl methyl sites for hydroxylation is 2. The van der Waals surface area contributed by atoms with Gasteiger partial charge in [0.2, 0.25) is 0 Å². The van der Waals surface area contributed by atoms with E-state index in [9.17, 15) is 5.26 Å². The highest BCUT2D eigenvalue weighted by molar-refractivity contribution is 7.14. The highest BCUT2D eigenvalue weighted by atomic mass is 32.1. The molecule has 3 N–H and O–H groups in total. The minimum atomic E-state index is 0.579. The minimum Gasteiger partial charge on any atom is -0.396 e. The Labute approximate surface area is 167 Å². The molecule has 4 rings (SSSR count). The number of nitrogens with two attached hydrogens (primary N) is 1. The first-order valence-electron chi connectivity index (χ1n) is 9.02. The van der Waals surface area contributed by atoms with Crippen LogP contribution < -0.4 is 5.73 Å². The molecule has 0 unspecified atom stereocenters. The van der Waals surface area contributed by atoms with Gasteiger partial charge in [0.05, 0.1) is 22.3 Å². The number of fused-ring (bicyclic) bond motifs is 1. The second kappa shape index (κ2) is 6.70. The van der Waals surface area contributed by atoms with E-state index in [2.05, 4.69) is 40.5 Å². The summed E-state index contributed by atoms with van der Waals surface area (Å²) >= 11 is 1.65. The Morgan fingerprint density at radius 3 is 2.71 bits per heavy atom. The maximum Gasteiger partial charge on any atom is 0.154 e. The van der Waals surface area contributed by atoms with Crippen LogP contribution in [-0.4, -0.2) is 14.5 Å². The van der Waals surface area contributed by atoms with Gasteiger partial charge >= 0.3 is 0 Å². The number of nitrogens with zero attached hydrogens (tertiary/aromatic N) is 3. The van der Waals surface area contributed by atoms with Crippen LogP contribution in [0, 0.1) is 39.0 Å². The van der Waals surface area contributed by atoms with E-state index in [1.807, 2.05) is 44.2 Å². The number of para-hydroxylation sites is 2. The number of hydrogen-bond acceptors (Lipinski definition) is 4. The van der Waals surface area contributed by atoms with Gasteiger partial charge in [0.25, 0.3) is 0 Å². The summed E-state index contributed by atoms with van der Waals surface area (Å²) in [4.78, 5) is 9.00. The smallest absolute Gasteiger partial charge is 0.154 e. The quantitative estimate of drug-likeness (QED) is 0.520. The van der Waals surface area contributed by atoms with E-state index < -0.39 is 0 Å².